The highest BCUT2D eigenvalue weighted by atomic mass is 35.5. The van der Waals surface area contributed by atoms with Crippen molar-refractivity contribution in [3.05, 3.63) is 52.1 Å². The molecule has 0 unspecified atom stereocenters. The van der Waals surface area contributed by atoms with Crippen molar-refractivity contribution in [2.24, 2.45) is 10.9 Å². The zero-order chi connectivity index (χ0) is 13.8. The van der Waals surface area contributed by atoms with Gasteiger partial charge in [-0.2, -0.15) is 0 Å². The molecule has 2 aromatic rings. The molecule has 19 heavy (non-hydrogen) atoms. The maximum atomic E-state index is 8.55. The Kier molecular flexibility index (Phi) is 4.52. The number of oxime groups is 1. The van der Waals surface area contributed by atoms with E-state index in [0.29, 0.717) is 15.6 Å². The lowest BCUT2D eigenvalue weighted by Gasteiger charge is -2.03. The third-order valence-corrected chi connectivity index (χ3v) is 3.93. The second-order valence-corrected chi connectivity index (χ2v) is 5.46. The average molecular weight is 314 g/mol. The fourth-order valence-corrected chi connectivity index (χ4v) is 2.47. The number of hydrogen-bond acceptors (Lipinski definition) is 4. The number of rotatable bonds is 3. The smallest absolute Gasteiger partial charge is 0.171 e. The molecule has 0 atom stereocenters. The van der Waals surface area contributed by atoms with Crippen LogP contribution in [0.15, 0.2) is 51.6 Å². The molecule has 0 saturated carbocycles. The number of halogens is 2. The highest BCUT2D eigenvalue weighted by Gasteiger charge is 2.04. The normalized spacial score (nSPS) is 11.6. The minimum Gasteiger partial charge on any atom is -0.409 e. The highest BCUT2D eigenvalue weighted by molar-refractivity contribution is 7.99. The van der Waals surface area contributed by atoms with Crippen LogP contribution in [0.4, 0.5) is 0 Å². The summed E-state index contributed by atoms with van der Waals surface area (Å²) in [7, 11) is 0. The van der Waals surface area contributed by atoms with Crippen LogP contribution in [-0.2, 0) is 0 Å². The van der Waals surface area contributed by atoms with Gasteiger partial charge in [0.25, 0.3) is 0 Å². The van der Waals surface area contributed by atoms with Crippen LogP contribution in [0.2, 0.25) is 10.0 Å². The van der Waals surface area contributed by atoms with E-state index in [0.717, 1.165) is 9.92 Å². The first-order valence-electron chi connectivity index (χ1n) is 5.17. The Hall–Kier alpha value is -1.43. The molecule has 4 nitrogen and oxygen atoms in total. The largest absolute Gasteiger partial charge is 0.409 e. The van der Waals surface area contributed by atoms with E-state index in [4.69, 9.17) is 34.1 Å². The van der Waals surface area contributed by atoms with Crippen LogP contribution in [0, 0.1) is 0 Å². The first kappa shape index (κ1) is 14.0. The summed E-state index contributed by atoms with van der Waals surface area (Å²) >= 11 is 13.2. The van der Waals surface area contributed by atoms with Crippen molar-refractivity contribution in [2.75, 3.05) is 0 Å². The van der Waals surface area contributed by atoms with Gasteiger partial charge in [0.1, 0.15) is 5.03 Å². The molecule has 2 rings (SSSR count). The summed E-state index contributed by atoms with van der Waals surface area (Å²) in [4.78, 5) is 5.14. The van der Waals surface area contributed by atoms with Crippen molar-refractivity contribution in [3.63, 3.8) is 0 Å². The Morgan fingerprint density at radius 3 is 2.58 bits per heavy atom. The number of pyridine rings is 1. The van der Waals surface area contributed by atoms with Gasteiger partial charge in [0, 0.05) is 16.7 Å². The van der Waals surface area contributed by atoms with Gasteiger partial charge in [0.2, 0.25) is 0 Å². The van der Waals surface area contributed by atoms with Crippen LogP contribution in [0.5, 0.6) is 0 Å². The van der Waals surface area contributed by atoms with Crippen molar-refractivity contribution >= 4 is 40.8 Å². The Balaban J connectivity index is 2.17. The molecule has 0 radical (unpaired) electrons. The summed E-state index contributed by atoms with van der Waals surface area (Å²) < 4.78 is 0. The number of benzene rings is 1. The monoisotopic (exact) mass is 313 g/mol. The zero-order valence-electron chi connectivity index (χ0n) is 9.55. The molecule has 0 bridgehead atoms. The number of aromatic nitrogens is 1. The molecule has 1 aromatic carbocycles. The van der Waals surface area contributed by atoms with Crippen LogP contribution >= 0.6 is 35.0 Å². The van der Waals surface area contributed by atoms with Crippen molar-refractivity contribution < 1.29 is 5.21 Å². The van der Waals surface area contributed by atoms with E-state index in [1.165, 1.54) is 18.0 Å². The summed E-state index contributed by atoms with van der Waals surface area (Å²) in [6.45, 7) is 0. The Bertz CT molecular complexity index is 617. The van der Waals surface area contributed by atoms with Gasteiger partial charge in [-0.05, 0) is 30.3 Å². The van der Waals surface area contributed by atoms with Gasteiger partial charge in [-0.15, -0.1) is 0 Å². The van der Waals surface area contributed by atoms with Crippen LogP contribution in [-0.4, -0.2) is 16.0 Å². The Morgan fingerprint density at radius 2 is 2.00 bits per heavy atom. The fourth-order valence-electron chi connectivity index (χ4n) is 1.31. The van der Waals surface area contributed by atoms with E-state index in [-0.39, 0.29) is 5.84 Å². The third-order valence-electron chi connectivity index (χ3n) is 2.25. The predicted molar refractivity (Wildman–Crippen MR) is 77.3 cm³/mol. The van der Waals surface area contributed by atoms with Gasteiger partial charge >= 0.3 is 0 Å². The molecule has 98 valence electrons. The molecule has 0 aliphatic heterocycles. The number of nitrogens with zero attached hydrogens (tertiary/aromatic N) is 2. The number of amidine groups is 1. The van der Waals surface area contributed by atoms with Gasteiger partial charge in [-0.1, -0.05) is 40.1 Å². The molecule has 0 aliphatic carbocycles. The standard InChI is InChI=1S/C12H9Cl2N3OS/c13-9-3-2-8(5-10(9)14)19-11-4-1-7(6-16-11)12(15)17-18/h1-6,18H,(H2,15,17). The number of hydrogen-bond donors (Lipinski definition) is 2. The van der Waals surface area contributed by atoms with Gasteiger partial charge < -0.3 is 10.9 Å². The minimum atomic E-state index is 0.0265. The van der Waals surface area contributed by atoms with E-state index < -0.39 is 0 Å². The van der Waals surface area contributed by atoms with Gasteiger partial charge in [0.05, 0.1) is 10.0 Å². The second-order valence-electron chi connectivity index (χ2n) is 3.55. The van der Waals surface area contributed by atoms with E-state index in [9.17, 15) is 0 Å². The van der Waals surface area contributed by atoms with Gasteiger partial charge in [-0.3, -0.25) is 0 Å². The molecular formula is C12H9Cl2N3OS. The molecule has 0 spiro atoms. The molecule has 1 aromatic heterocycles. The first-order chi connectivity index (χ1) is 9.10. The van der Waals surface area contributed by atoms with Crippen LogP contribution < -0.4 is 5.73 Å². The Labute approximate surface area is 124 Å². The maximum Gasteiger partial charge on any atom is 0.171 e. The summed E-state index contributed by atoms with van der Waals surface area (Å²) in [5, 5.41) is 13.2. The molecule has 0 aliphatic rings. The quantitative estimate of drug-likeness (QED) is 0.393. The fraction of sp³-hybridized carbons (Fsp3) is 0. The van der Waals surface area contributed by atoms with Crippen molar-refractivity contribution in [1.82, 2.24) is 4.98 Å². The van der Waals surface area contributed by atoms with Gasteiger partial charge in [-0.25, -0.2) is 4.98 Å². The highest BCUT2D eigenvalue weighted by Crippen LogP contribution is 2.31. The van der Waals surface area contributed by atoms with E-state index in [1.54, 1.807) is 24.3 Å². The number of nitrogens with two attached hydrogens (primary N) is 1. The maximum absolute atomic E-state index is 8.55. The molecular weight excluding hydrogens is 305 g/mol. The van der Waals surface area contributed by atoms with Gasteiger partial charge in [0.15, 0.2) is 5.84 Å². The first-order valence-corrected chi connectivity index (χ1v) is 6.74. The molecule has 3 N–H and O–H groups in total. The molecule has 0 amide bonds. The SMILES string of the molecule is NC(=NO)c1ccc(Sc2ccc(Cl)c(Cl)c2)nc1. The summed E-state index contributed by atoms with van der Waals surface area (Å²) in [5.41, 5.74) is 6.01. The van der Waals surface area contributed by atoms with Crippen LogP contribution in [0.1, 0.15) is 5.56 Å². The van der Waals surface area contributed by atoms with E-state index in [1.807, 2.05) is 6.07 Å². The van der Waals surface area contributed by atoms with Crippen LogP contribution in [0.3, 0.4) is 0 Å². The third kappa shape index (κ3) is 3.53. The van der Waals surface area contributed by atoms with Crippen molar-refractivity contribution in [1.29, 1.82) is 0 Å². The lowest BCUT2D eigenvalue weighted by Crippen LogP contribution is -2.13. The summed E-state index contributed by atoms with van der Waals surface area (Å²) in [5.74, 6) is 0.0265. The van der Waals surface area contributed by atoms with Crippen LogP contribution in [0.25, 0.3) is 0 Å². The zero-order valence-corrected chi connectivity index (χ0v) is 11.9. The Morgan fingerprint density at radius 1 is 1.21 bits per heavy atom. The van der Waals surface area contributed by atoms with Crippen molar-refractivity contribution in [3.8, 4) is 0 Å². The van der Waals surface area contributed by atoms with Crippen molar-refractivity contribution in [2.45, 2.75) is 9.92 Å². The van der Waals surface area contributed by atoms with E-state index in [2.05, 4.69) is 10.1 Å². The molecule has 0 saturated heterocycles. The summed E-state index contributed by atoms with van der Waals surface area (Å²) in [6, 6.07) is 8.87. The lowest BCUT2D eigenvalue weighted by molar-refractivity contribution is 0.318. The molecule has 1 heterocycles. The lowest BCUT2D eigenvalue weighted by atomic mass is 10.3. The summed E-state index contributed by atoms with van der Waals surface area (Å²) in [6.07, 6.45) is 1.54. The second kappa shape index (κ2) is 6.14. The topological polar surface area (TPSA) is 71.5 Å². The van der Waals surface area contributed by atoms with E-state index >= 15 is 0 Å². The minimum absolute atomic E-state index is 0.0265. The molecule has 0 fully saturated rings. The predicted octanol–water partition coefficient (Wildman–Crippen LogP) is 3.63. The molecule has 7 heteroatoms. The average Bonchev–Trinajstić information content (AvgIpc) is 2.43.